The molecule has 11 nitrogen and oxygen atoms in total. The summed E-state index contributed by atoms with van der Waals surface area (Å²) in [4.78, 5) is 36.6. The zero-order valence-electron chi connectivity index (χ0n) is 25.9. The quantitative estimate of drug-likeness (QED) is 0.363. The van der Waals surface area contributed by atoms with Gasteiger partial charge in [-0.15, -0.1) is 0 Å². The van der Waals surface area contributed by atoms with E-state index in [9.17, 15) is 4.79 Å². The minimum Gasteiger partial charge on any atom is -0.382 e. The van der Waals surface area contributed by atoms with E-state index in [0.717, 1.165) is 90.4 Å². The molecule has 6 rings (SSSR count). The number of rotatable bonds is 10. The number of nitrogens with zero attached hydrogens (tertiary/aromatic N) is 7. The number of fused-ring (bicyclic) bond motifs is 1. The van der Waals surface area contributed by atoms with E-state index < -0.39 is 0 Å². The third-order valence-corrected chi connectivity index (χ3v) is 10.5. The van der Waals surface area contributed by atoms with Crippen LogP contribution in [-0.2, 0) is 0 Å². The van der Waals surface area contributed by atoms with E-state index in [0.29, 0.717) is 22.9 Å². The SMILES string of the molecule is CCCCNc1nc(N)c2[nH]c(=O)n(C(CN3CCN(C4CCCCC4)CC3)N3CCN(C4CCCCC4)CC3)c2n1. The highest BCUT2D eigenvalue weighted by molar-refractivity contribution is 5.83. The minimum atomic E-state index is -0.141. The van der Waals surface area contributed by atoms with Crippen LogP contribution in [0.3, 0.4) is 0 Å². The van der Waals surface area contributed by atoms with Gasteiger partial charge < -0.3 is 16.0 Å². The predicted molar refractivity (Wildman–Crippen MR) is 170 cm³/mol. The van der Waals surface area contributed by atoms with Crippen molar-refractivity contribution in [3.63, 3.8) is 0 Å². The van der Waals surface area contributed by atoms with Crippen LogP contribution in [0.2, 0.25) is 0 Å². The van der Waals surface area contributed by atoms with Crippen LogP contribution in [-0.4, -0.2) is 117 Å². The number of imidazole rings is 1. The standard InChI is InChI=1S/C31H54N10O/c1-2-3-14-33-30-35-28(32)27-29(36-30)41(31(42)34-27)26(40-21-19-39(20-22-40)25-12-8-5-9-13-25)23-37-15-17-38(18-16-37)24-10-6-4-7-11-24/h24-26H,2-23H2,1H3,(H,34,42)(H3,32,33,35,36). The molecule has 4 aliphatic rings. The smallest absolute Gasteiger partial charge is 0.329 e. The van der Waals surface area contributed by atoms with Gasteiger partial charge in [-0.2, -0.15) is 9.97 Å². The Bertz CT molecular complexity index is 1180. The van der Waals surface area contributed by atoms with E-state index >= 15 is 0 Å². The maximum atomic E-state index is 13.7. The number of H-pyrrole nitrogens is 1. The number of nitrogens with two attached hydrogens (primary N) is 1. The van der Waals surface area contributed by atoms with Gasteiger partial charge in [0.2, 0.25) is 5.95 Å². The van der Waals surface area contributed by atoms with Gasteiger partial charge in [-0.1, -0.05) is 51.9 Å². The van der Waals surface area contributed by atoms with Crippen molar-refractivity contribution < 1.29 is 0 Å². The Labute approximate surface area is 251 Å². The topological polar surface area (TPSA) is 115 Å². The van der Waals surface area contributed by atoms with Crippen LogP contribution in [0.5, 0.6) is 0 Å². The van der Waals surface area contributed by atoms with Crippen LogP contribution in [0.25, 0.3) is 11.2 Å². The zero-order chi connectivity index (χ0) is 28.9. The Morgan fingerprint density at radius 3 is 2.05 bits per heavy atom. The van der Waals surface area contributed by atoms with Crippen LogP contribution in [0, 0.1) is 0 Å². The number of hydrogen-bond donors (Lipinski definition) is 3. The third-order valence-electron chi connectivity index (χ3n) is 10.5. The van der Waals surface area contributed by atoms with E-state index in [1.165, 1.54) is 64.2 Å². The second kappa shape index (κ2) is 14.1. The molecule has 0 radical (unpaired) electrons. The molecule has 2 saturated heterocycles. The second-order valence-electron chi connectivity index (χ2n) is 13.2. The first-order valence-electron chi connectivity index (χ1n) is 17.1. The van der Waals surface area contributed by atoms with Crippen molar-refractivity contribution in [2.45, 2.75) is 102 Å². The van der Waals surface area contributed by atoms with Crippen molar-refractivity contribution in [3.05, 3.63) is 10.5 Å². The van der Waals surface area contributed by atoms with Crippen molar-refractivity contribution in [3.8, 4) is 0 Å². The molecule has 1 unspecified atom stereocenters. The van der Waals surface area contributed by atoms with Crippen LogP contribution >= 0.6 is 0 Å². The number of piperazine rings is 2. The highest BCUT2D eigenvalue weighted by Gasteiger charge is 2.34. The Kier molecular flexibility index (Phi) is 9.98. The zero-order valence-corrected chi connectivity index (χ0v) is 25.9. The summed E-state index contributed by atoms with van der Waals surface area (Å²) in [7, 11) is 0. The monoisotopic (exact) mass is 582 g/mol. The number of nitrogen functional groups attached to an aromatic ring is 1. The van der Waals surface area contributed by atoms with Gasteiger partial charge in [0.25, 0.3) is 0 Å². The van der Waals surface area contributed by atoms with Crippen molar-refractivity contribution in [1.29, 1.82) is 0 Å². The number of nitrogens with one attached hydrogen (secondary N) is 2. The lowest BCUT2D eigenvalue weighted by atomic mass is 9.93. The van der Waals surface area contributed by atoms with Crippen molar-refractivity contribution in [1.82, 2.24) is 39.1 Å². The summed E-state index contributed by atoms with van der Waals surface area (Å²) in [6.45, 7) is 12.2. The lowest BCUT2D eigenvalue weighted by Gasteiger charge is -2.45. The van der Waals surface area contributed by atoms with Crippen LogP contribution < -0.4 is 16.7 Å². The average Bonchev–Trinajstić information content (AvgIpc) is 3.37. The molecule has 4 heterocycles. The fraction of sp³-hybridized carbons (Fsp3) is 0.839. The van der Waals surface area contributed by atoms with Crippen LogP contribution in [0.15, 0.2) is 4.79 Å². The summed E-state index contributed by atoms with van der Waals surface area (Å²) in [5.41, 5.74) is 7.41. The van der Waals surface area contributed by atoms with Crippen molar-refractivity contribution >= 4 is 22.9 Å². The maximum absolute atomic E-state index is 13.7. The van der Waals surface area contributed by atoms with Gasteiger partial charge in [0, 0.05) is 77.5 Å². The van der Waals surface area contributed by atoms with Gasteiger partial charge in [-0.05, 0) is 32.1 Å². The second-order valence-corrected chi connectivity index (χ2v) is 13.2. The Balaban J connectivity index is 1.23. The Hall–Kier alpha value is -2.21. The molecule has 0 spiro atoms. The normalized spacial score (nSPS) is 23.9. The molecule has 2 aromatic rings. The van der Waals surface area contributed by atoms with Gasteiger partial charge in [-0.25, -0.2) is 4.79 Å². The first-order chi connectivity index (χ1) is 20.6. The molecule has 2 aliphatic carbocycles. The molecule has 0 amide bonds. The molecule has 2 aliphatic heterocycles. The minimum absolute atomic E-state index is 0.0984. The van der Waals surface area contributed by atoms with Gasteiger partial charge in [0.1, 0.15) is 11.7 Å². The van der Waals surface area contributed by atoms with Crippen LogP contribution in [0.4, 0.5) is 11.8 Å². The summed E-state index contributed by atoms with van der Waals surface area (Å²) < 4.78 is 1.89. The number of anilines is 2. The molecule has 42 heavy (non-hydrogen) atoms. The fourth-order valence-corrected chi connectivity index (χ4v) is 7.95. The van der Waals surface area contributed by atoms with Crippen LogP contribution in [0.1, 0.15) is 90.1 Å². The van der Waals surface area contributed by atoms with Crippen molar-refractivity contribution in [2.75, 3.05) is 76.5 Å². The summed E-state index contributed by atoms with van der Waals surface area (Å²) in [6, 6.07) is 1.49. The van der Waals surface area contributed by atoms with E-state index in [1.807, 2.05) is 4.57 Å². The molecule has 2 saturated carbocycles. The summed E-state index contributed by atoms with van der Waals surface area (Å²) >= 11 is 0. The van der Waals surface area contributed by atoms with Gasteiger partial charge in [0.15, 0.2) is 11.5 Å². The molecule has 4 N–H and O–H groups in total. The summed E-state index contributed by atoms with van der Waals surface area (Å²) in [5, 5.41) is 3.33. The fourth-order valence-electron chi connectivity index (χ4n) is 7.95. The van der Waals surface area contributed by atoms with E-state index in [2.05, 4.69) is 41.8 Å². The van der Waals surface area contributed by atoms with Crippen molar-refractivity contribution in [2.24, 2.45) is 0 Å². The van der Waals surface area contributed by atoms with E-state index in [4.69, 9.17) is 10.7 Å². The average molecular weight is 583 g/mol. The number of hydrogen-bond acceptors (Lipinski definition) is 9. The number of aromatic nitrogens is 4. The molecule has 0 aromatic carbocycles. The van der Waals surface area contributed by atoms with E-state index in [-0.39, 0.29) is 11.9 Å². The predicted octanol–water partition coefficient (Wildman–Crippen LogP) is 3.31. The van der Waals surface area contributed by atoms with Gasteiger partial charge >= 0.3 is 5.69 Å². The van der Waals surface area contributed by atoms with Gasteiger partial charge in [0.05, 0.1) is 0 Å². The molecule has 4 fully saturated rings. The molecular weight excluding hydrogens is 528 g/mol. The van der Waals surface area contributed by atoms with Gasteiger partial charge in [-0.3, -0.25) is 24.2 Å². The lowest BCUT2D eigenvalue weighted by Crippen LogP contribution is -2.57. The first kappa shape index (κ1) is 29.8. The Morgan fingerprint density at radius 2 is 1.45 bits per heavy atom. The highest BCUT2D eigenvalue weighted by Crippen LogP contribution is 2.28. The first-order valence-corrected chi connectivity index (χ1v) is 17.1. The largest absolute Gasteiger partial charge is 0.382 e. The molecule has 234 valence electrons. The third kappa shape index (κ3) is 6.79. The molecule has 11 heteroatoms. The maximum Gasteiger partial charge on any atom is 0.329 e. The number of unbranched alkanes of at least 4 members (excludes halogenated alkanes) is 1. The summed E-state index contributed by atoms with van der Waals surface area (Å²) in [5.74, 6) is 0.833. The molecule has 2 aromatic heterocycles. The summed E-state index contributed by atoms with van der Waals surface area (Å²) in [6.07, 6.45) is 15.7. The Morgan fingerprint density at radius 1 is 0.857 bits per heavy atom. The number of aromatic amines is 1. The highest BCUT2D eigenvalue weighted by atomic mass is 16.1. The molecule has 1 atom stereocenters. The lowest BCUT2D eigenvalue weighted by molar-refractivity contribution is 0.00687. The molecule has 0 bridgehead atoms. The molecular formula is C31H54N10O. The van der Waals surface area contributed by atoms with E-state index in [1.54, 1.807) is 0 Å².